The molecule has 0 aliphatic carbocycles. The number of esters is 1. The van der Waals surface area contributed by atoms with E-state index in [2.05, 4.69) is 0 Å². The van der Waals surface area contributed by atoms with Gasteiger partial charge >= 0.3 is 5.97 Å². The van der Waals surface area contributed by atoms with Crippen molar-refractivity contribution in [1.82, 2.24) is 0 Å². The predicted molar refractivity (Wildman–Crippen MR) is 60.5 cm³/mol. The van der Waals surface area contributed by atoms with Crippen LogP contribution in [0.15, 0.2) is 0 Å². The molecule has 1 unspecified atom stereocenters. The molecule has 0 heterocycles. The summed E-state index contributed by atoms with van der Waals surface area (Å²) in [6, 6.07) is -0.600. The van der Waals surface area contributed by atoms with Crippen molar-refractivity contribution in [3.63, 3.8) is 0 Å². The fourth-order valence-corrected chi connectivity index (χ4v) is 1.14. The molecule has 6 nitrogen and oxygen atoms in total. The number of hydrogen-bond acceptors (Lipinski definition) is 6. The second kappa shape index (κ2) is 9.26. The van der Waals surface area contributed by atoms with E-state index in [1.807, 2.05) is 0 Å². The third-order valence-electron chi connectivity index (χ3n) is 2.08. The summed E-state index contributed by atoms with van der Waals surface area (Å²) in [5, 5.41) is 0. The highest BCUT2D eigenvalue weighted by Gasteiger charge is 2.14. The summed E-state index contributed by atoms with van der Waals surface area (Å²) in [6.07, 6.45) is 1.46. The van der Waals surface area contributed by atoms with Crippen LogP contribution in [0, 0.1) is 0 Å². The van der Waals surface area contributed by atoms with Crippen molar-refractivity contribution >= 4 is 11.8 Å². The van der Waals surface area contributed by atoms with Gasteiger partial charge in [0.05, 0.1) is 6.04 Å². The zero-order valence-electron chi connectivity index (χ0n) is 9.48. The number of ketones is 1. The van der Waals surface area contributed by atoms with Crippen LogP contribution < -0.4 is 17.2 Å². The first-order valence-electron chi connectivity index (χ1n) is 5.45. The average Bonchev–Trinajstić information content (AvgIpc) is 2.30. The van der Waals surface area contributed by atoms with Crippen LogP contribution in [-0.4, -0.2) is 37.5 Å². The van der Waals surface area contributed by atoms with E-state index in [-0.39, 0.29) is 24.8 Å². The number of rotatable bonds is 9. The fourth-order valence-electron chi connectivity index (χ4n) is 1.14. The number of hydrogen-bond donors (Lipinski definition) is 3. The van der Waals surface area contributed by atoms with E-state index < -0.39 is 6.04 Å². The van der Waals surface area contributed by atoms with E-state index in [0.717, 1.165) is 0 Å². The van der Waals surface area contributed by atoms with Crippen LogP contribution >= 0.6 is 0 Å². The lowest BCUT2D eigenvalue weighted by atomic mass is 10.0. The topological polar surface area (TPSA) is 121 Å². The second-order valence-electron chi connectivity index (χ2n) is 3.51. The lowest BCUT2D eigenvalue weighted by Gasteiger charge is -2.09. The van der Waals surface area contributed by atoms with Crippen molar-refractivity contribution in [3.05, 3.63) is 0 Å². The Labute approximate surface area is 95.5 Å². The van der Waals surface area contributed by atoms with Gasteiger partial charge in [0.15, 0.2) is 0 Å². The van der Waals surface area contributed by atoms with Gasteiger partial charge in [-0.15, -0.1) is 0 Å². The Kier molecular flexibility index (Phi) is 8.69. The van der Waals surface area contributed by atoms with Gasteiger partial charge in [0.2, 0.25) is 0 Å². The molecule has 0 fully saturated rings. The summed E-state index contributed by atoms with van der Waals surface area (Å²) >= 11 is 0. The number of nitrogens with two attached hydrogens (primary N) is 3. The molecule has 0 rings (SSSR count). The first kappa shape index (κ1) is 15.0. The van der Waals surface area contributed by atoms with Crippen molar-refractivity contribution in [3.8, 4) is 0 Å². The van der Waals surface area contributed by atoms with E-state index in [1.165, 1.54) is 0 Å². The van der Waals surface area contributed by atoms with E-state index in [0.29, 0.717) is 32.4 Å². The van der Waals surface area contributed by atoms with Crippen molar-refractivity contribution in [1.29, 1.82) is 0 Å². The summed E-state index contributed by atoms with van der Waals surface area (Å²) < 4.78 is 4.75. The van der Waals surface area contributed by atoms with Gasteiger partial charge in [0.1, 0.15) is 12.4 Å². The molecule has 94 valence electrons. The van der Waals surface area contributed by atoms with Crippen molar-refractivity contribution in [2.45, 2.75) is 31.7 Å². The van der Waals surface area contributed by atoms with E-state index >= 15 is 0 Å². The van der Waals surface area contributed by atoms with Crippen molar-refractivity contribution in [2.24, 2.45) is 17.2 Å². The predicted octanol–water partition coefficient (Wildman–Crippen LogP) is -1.10. The second-order valence-corrected chi connectivity index (χ2v) is 3.51. The monoisotopic (exact) mass is 231 g/mol. The van der Waals surface area contributed by atoms with Gasteiger partial charge in [0.25, 0.3) is 0 Å². The number of carbonyl (C=O) groups is 2. The maximum absolute atomic E-state index is 11.4. The number of carbonyl (C=O) groups excluding carboxylic acids is 2. The van der Waals surface area contributed by atoms with Crippen LogP contribution in [0.3, 0.4) is 0 Å². The van der Waals surface area contributed by atoms with Gasteiger partial charge in [-0.2, -0.15) is 0 Å². The smallest absolute Gasteiger partial charge is 0.305 e. The number of ether oxygens (including phenoxy) is 1. The van der Waals surface area contributed by atoms with Crippen LogP contribution in [0.25, 0.3) is 0 Å². The standard InChI is InChI=1S/C10H21N3O3/c11-5-1-2-9(14)8(13)3-4-10(15)16-7-6-12/h8H,1-7,11-13H2. The minimum Gasteiger partial charge on any atom is -0.464 e. The lowest BCUT2D eigenvalue weighted by molar-refractivity contribution is -0.143. The minimum atomic E-state index is -0.600. The molecule has 0 aliphatic heterocycles. The van der Waals surface area contributed by atoms with Crippen LogP contribution in [0.4, 0.5) is 0 Å². The molecule has 0 spiro atoms. The Bertz CT molecular complexity index is 221. The van der Waals surface area contributed by atoms with E-state index in [4.69, 9.17) is 21.9 Å². The molecule has 16 heavy (non-hydrogen) atoms. The molecular weight excluding hydrogens is 210 g/mol. The SMILES string of the molecule is NCCCC(=O)C(N)CCC(=O)OCCN. The summed E-state index contributed by atoms with van der Waals surface area (Å²) in [5.41, 5.74) is 16.1. The van der Waals surface area contributed by atoms with Crippen LogP contribution in [0.2, 0.25) is 0 Å². The lowest BCUT2D eigenvalue weighted by Crippen LogP contribution is -2.31. The Morgan fingerprint density at radius 1 is 1.12 bits per heavy atom. The van der Waals surface area contributed by atoms with Gasteiger partial charge in [-0.3, -0.25) is 9.59 Å². The molecule has 0 saturated heterocycles. The Morgan fingerprint density at radius 3 is 2.38 bits per heavy atom. The van der Waals surface area contributed by atoms with E-state index in [1.54, 1.807) is 0 Å². The third-order valence-corrected chi connectivity index (χ3v) is 2.08. The molecule has 6 N–H and O–H groups in total. The molecule has 0 aromatic rings. The zero-order valence-corrected chi connectivity index (χ0v) is 9.48. The van der Waals surface area contributed by atoms with Crippen molar-refractivity contribution in [2.75, 3.05) is 19.7 Å². The Balaban J connectivity index is 3.66. The molecule has 6 heteroatoms. The molecule has 0 aromatic heterocycles. The normalized spacial score (nSPS) is 12.2. The van der Waals surface area contributed by atoms with Gasteiger partial charge in [-0.1, -0.05) is 0 Å². The molecule has 0 bridgehead atoms. The summed E-state index contributed by atoms with van der Waals surface area (Å²) in [7, 11) is 0. The largest absolute Gasteiger partial charge is 0.464 e. The maximum Gasteiger partial charge on any atom is 0.305 e. The summed E-state index contributed by atoms with van der Waals surface area (Å²) in [4.78, 5) is 22.5. The Morgan fingerprint density at radius 2 is 1.81 bits per heavy atom. The van der Waals surface area contributed by atoms with Gasteiger partial charge in [-0.25, -0.2) is 0 Å². The molecule has 0 saturated carbocycles. The van der Waals surface area contributed by atoms with Crippen LogP contribution in [0.5, 0.6) is 0 Å². The zero-order chi connectivity index (χ0) is 12.4. The molecule has 0 amide bonds. The van der Waals surface area contributed by atoms with Gasteiger partial charge in [-0.05, 0) is 19.4 Å². The fraction of sp³-hybridized carbons (Fsp3) is 0.800. The average molecular weight is 231 g/mol. The summed E-state index contributed by atoms with van der Waals surface area (Å²) in [6.45, 7) is 0.972. The first-order chi connectivity index (χ1) is 7.61. The van der Waals surface area contributed by atoms with Gasteiger partial charge in [0, 0.05) is 19.4 Å². The number of Topliss-reactive ketones (excluding diaryl/α,β-unsaturated/α-hetero) is 1. The third kappa shape index (κ3) is 7.33. The molecule has 0 aliphatic rings. The highest BCUT2D eigenvalue weighted by molar-refractivity contribution is 5.84. The maximum atomic E-state index is 11.4. The van der Waals surface area contributed by atoms with E-state index in [9.17, 15) is 9.59 Å². The molecule has 0 aromatic carbocycles. The van der Waals surface area contributed by atoms with Crippen LogP contribution in [0.1, 0.15) is 25.7 Å². The quantitative estimate of drug-likeness (QED) is 0.433. The minimum absolute atomic E-state index is 0.0583. The van der Waals surface area contributed by atoms with Crippen LogP contribution in [-0.2, 0) is 14.3 Å². The molecule has 0 radical (unpaired) electrons. The summed E-state index contributed by atoms with van der Waals surface area (Å²) in [5.74, 6) is -0.426. The highest BCUT2D eigenvalue weighted by Crippen LogP contribution is 2.02. The Hall–Kier alpha value is -0.980. The molecular formula is C10H21N3O3. The van der Waals surface area contributed by atoms with Crippen molar-refractivity contribution < 1.29 is 14.3 Å². The van der Waals surface area contributed by atoms with Gasteiger partial charge < -0.3 is 21.9 Å². The first-order valence-corrected chi connectivity index (χ1v) is 5.45. The molecule has 1 atom stereocenters. The highest BCUT2D eigenvalue weighted by atomic mass is 16.5.